The predicted molar refractivity (Wildman–Crippen MR) is 81.1 cm³/mol. The molecule has 0 aromatic heterocycles. The van der Waals surface area contributed by atoms with Crippen LogP contribution in [0.25, 0.3) is 0 Å². The van der Waals surface area contributed by atoms with Gasteiger partial charge in [-0.3, -0.25) is 4.79 Å². The number of halogens is 1. The van der Waals surface area contributed by atoms with E-state index in [1.165, 1.54) is 57.8 Å². The van der Waals surface area contributed by atoms with Crippen molar-refractivity contribution in [1.82, 2.24) is 0 Å². The molecule has 0 aliphatic heterocycles. The van der Waals surface area contributed by atoms with Crippen molar-refractivity contribution in [3.63, 3.8) is 0 Å². The second-order valence-electron chi connectivity index (χ2n) is 5.11. The lowest BCUT2D eigenvalue weighted by Crippen LogP contribution is -1.88. The molecule has 1 nitrogen and oxygen atoms in total. The summed E-state index contributed by atoms with van der Waals surface area (Å²) in [7, 11) is 0. The average molecular weight is 273 g/mol. The van der Waals surface area contributed by atoms with Crippen LogP contribution in [0.15, 0.2) is 10.6 Å². The molecule has 0 aromatic carbocycles. The van der Waals surface area contributed by atoms with E-state index in [2.05, 4.69) is 6.92 Å². The molecular weight excluding hydrogens is 244 g/mol. The SMILES string of the molecule is CCCCCCCCCCCC/C(C=O)=C(\C)Cl. The maximum atomic E-state index is 10.7. The van der Waals surface area contributed by atoms with Crippen LogP contribution in [0.3, 0.4) is 0 Å². The summed E-state index contributed by atoms with van der Waals surface area (Å²) < 4.78 is 0. The van der Waals surface area contributed by atoms with E-state index < -0.39 is 0 Å². The maximum absolute atomic E-state index is 10.7. The van der Waals surface area contributed by atoms with Gasteiger partial charge in [-0.25, -0.2) is 0 Å². The number of hydrogen-bond donors (Lipinski definition) is 0. The van der Waals surface area contributed by atoms with E-state index in [9.17, 15) is 4.79 Å². The molecule has 0 fully saturated rings. The third-order valence-corrected chi connectivity index (χ3v) is 3.63. The lowest BCUT2D eigenvalue weighted by molar-refractivity contribution is -0.105. The van der Waals surface area contributed by atoms with Crippen LogP contribution in [0.2, 0.25) is 0 Å². The fourth-order valence-corrected chi connectivity index (χ4v) is 2.25. The summed E-state index contributed by atoms with van der Waals surface area (Å²) in [4.78, 5) is 10.7. The zero-order valence-corrected chi connectivity index (χ0v) is 12.9. The molecule has 106 valence electrons. The maximum Gasteiger partial charge on any atom is 0.147 e. The molecule has 0 aromatic rings. The van der Waals surface area contributed by atoms with Gasteiger partial charge in [0.15, 0.2) is 0 Å². The number of rotatable bonds is 12. The Balaban J connectivity index is 3.26. The monoisotopic (exact) mass is 272 g/mol. The van der Waals surface area contributed by atoms with Gasteiger partial charge in [0.2, 0.25) is 0 Å². The Morgan fingerprint density at radius 1 is 0.889 bits per heavy atom. The Kier molecular flexibility index (Phi) is 12.9. The van der Waals surface area contributed by atoms with Crippen LogP contribution in [-0.4, -0.2) is 6.29 Å². The number of carbonyl (C=O) groups excluding carboxylic acids is 1. The Labute approximate surface area is 118 Å². The molecular formula is C16H29ClO. The highest BCUT2D eigenvalue weighted by Crippen LogP contribution is 2.16. The number of carbonyl (C=O) groups is 1. The summed E-state index contributed by atoms with van der Waals surface area (Å²) in [5.74, 6) is 0. The third kappa shape index (κ3) is 10.8. The molecule has 0 radical (unpaired) electrons. The second kappa shape index (κ2) is 13.1. The zero-order valence-electron chi connectivity index (χ0n) is 12.1. The quantitative estimate of drug-likeness (QED) is 0.242. The summed E-state index contributed by atoms with van der Waals surface area (Å²) in [5.41, 5.74) is 0.774. The summed E-state index contributed by atoms with van der Waals surface area (Å²) in [6, 6.07) is 0. The molecule has 18 heavy (non-hydrogen) atoms. The molecule has 0 unspecified atom stereocenters. The number of aldehydes is 1. The minimum Gasteiger partial charge on any atom is -0.298 e. The van der Waals surface area contributed by atoms with Crippen LogP contribution in [0, 0.1) is 0 Å². The summed E-state index contributed by atoms with van der Waals surface area (Å²) in [6.45, 7) is 4.05. The van der Waals surface area contributed by atoms with Crippen molar-refractivity contribution in [1.29, 1.82) is 0 Å². The Morgan fingerprint density at radius 2 is 1.33 bits per heavy atom. The highest BCUT2D eigenvalue weighted by Gasteiger charge is 1.99. The smallest absolute Gasteiger partial charge is 0.147 e. The first-order valence-corrected chi connectivity index (χ1v) is 7.90. The van der Waals surface area contributed by atoms with Crippen LogP contribution in [0.1, 0.15) is 84.5 Å². The van der Waals surface area contributed by atoms with E-state index in [-0.39, 0.29) is 0 Å². The van der Waals surface area contributed by atoms with Crippen LogP contribution in [-0.2, 0) is 4.79 Å². The van der Waals surface area contributed by atoms with Crippen LogP contribution < -0.4 is 0 Å². The normalized spacial score (nSPS) is 12.4. The molecule has 0 bridgehead atoms. The zero-order chi connectivity index (χ0) is 13.6. The van der Waals surface area contributed by atoms with E-state index in [0.717, 1.165) is 24.7 Å². The minimum atomic E-state index is 0.654. The van der Waals surface area contributed by atoms with Crippen LogP contribution >= 0.6 is 11.6 Å². The van der Waals surface area contributed by atoms with Crippen molar-refractivity contribution in [3.8, 4) is 0 Å². The highest BCUT2D eigenvalue weighted by molar-refractivity contribution is 6.30. The topological polar surface area (TPSA) is 17.1 Å². The van der Waals surface area contributed by atoms with E-state index in [1.807, 2.05) is 0 Å². The molecule has 0 heterocycles. The standard InChI is InChI=1S/C16H29ClO/c1-3-4-5-6-7-8-9-10-11-12-13-16(14-18)15(2)17/h14H,3-13H2,1-2H3/b16-15-. The van der Waals surface area contributed by atoms with E-state index in [1.54, 1.807) is 6.92 Å². The van der Waals surface area contributed by atoms with Crippen LogP contribution in [0.5, 0.6) is 0 Å². The van der Waals surface area contributed by atoms with Gasteiger partial charge in [-0.1, -0.05) is 76.3 Å². The molecule has 0 N–H and O–H groups in total. The second-order valence-corrected chi connectivity index (χ2v) is 5.68. The molecule has 0 spiro atoms. The summed E-state index contributed by atoms with van der Waals surface area (Å²) in [5, 5.41) is 0.654. The Morgan fingerprint density at radius 3 is 1.72 bits per heavy atom. The van der Waals surface area contributed by atoms with Gasteiger partial charge in [0.1, 0.15) is 6.29 Å². The van der Waals surface area contributed by atoms with Gasteiger partial charge in [-0.05, 0) is 19.8 Å². The predicted octanol–water partition coefficient (Wildman–Crippen LogP) is 6.01. The number of unbranched alkanes of at least 4 members (excludes halogenated alkanes) is 9. The number of hydrogen-bond acceptors (Lipinski definition) is 1. The average Bonchev–Trinajstić information content (AvgIpc) is 2.35. The molecule has 0 atom stereocenters. The van der Waals surface area contributed by atoms with E-state index >= 15 is 0 Å². The molecule has 0 aliphatic carbocycles. The lowest BCUT2D eigenvalue weighted by atomic mass is 10.0. The van der Waals surface area contributed by atoms with Crippen molar-refractivity contribution in [2.75, 3.05) is 0 Å². The first-order chi connectivity index (χ1) is 8.72. The molecule has 0 saturated carbocycles. The van der Waals surface area contributed by atoms with Crippen molar-refractivity contribution in [3.05, 3.63) is 10.6 Å². The summed E-state index contributed by atoms with van der Waals surface area (Å²) >= 11 is 5.82. The van der Waals surface area contributed by atoms with Crippen molar-refractivity contribution in [2.24, 2.45) is 0 Å². The van der Waals surface area contributed by atoms with Gasteiger partial charge in [0, 0.05) is 10.6 Å². The third-order valence-electron chi connectivity index (χ3n) is 3.38. The van der Waals surface area contributed by atoms with Gasteiger partial charge in [-0.15, -0.1) is 0 Å². The molecule has 0 rings (SSSR count). The summed E-state index contributed by atoms with van der Waals surface area (Å²) in [6.07, 6.45) is 15.0. The first-order valence-electron chi connectivity index (χ1n) is 7.52. The fraction of sp³-hybridized carbons (Fsp3) is 0.812. The van der Waals surface area contributed by atoms with Gasteiger partial charge >= 0.3 is 0 Å². The first kappa shape index (κ1) is 17.7. The molecule has 0 amide bonds. The minimum absolute atomic E-state index is 0.654. The van der Waals surface area contributed by atoms with Crippen molar-refractivity contribution < 1.29 is 4.79 Å². The van der Waals surface area contributed by atoms with Gasteiger partial charge < -0.3 is 0 Å². The van der Waals surface area contributed by atoms with E-state index in [4.69, 9.17) is 11.6 Å². The molecule has 2 heteroatoms. The highest BCUT2D eigenvalue weighted by atomic mass is 35.5. The van der Waals surface area contributed by atoms with Crippen LogP contribution in [0.4, 0.5) is 0 Å². The van der Waals surface area contributed by atoms with Gasteiger partial charge in [0.05, 0.1) is 0 Å². The largest absolute Gasteiger partial charge is 0.298 e. The lowest BCUT2D eigenvalue weighted by Gasteiger charge is -2.03. The van der Waals surface area contributed by atoms with E-state index in [0.29, 0.717) is 5.03 Å². The van der Waals surface area contributed by atoms with Gasteiger partial charge in [0.25, 0.3) is 0 Å². The number of allylic oxidation sites excluding steroid dienone is 2. The Bertz CT molecular complexity index is 229. The van der Waals surface area contributed by atoms with Crippen molar-refractivity contribution in [2.45, 2.75) is 84.5 Å². The molecule has 0 saturated heterocycles. The fourth-order valence-electron chi connectivity index (χ4n) is 2.12. The molecule has 0 aliphatic rings. The van der Waals surface area contributed by atoms with Crippen molar-refractivity contribution >= 4 is 17.9 Å². The Hall–Kier alpha value is -0.300. The van der Waals surface area contributed by atoms with Gasteiger partial charge in [-0.2, -0.15) is 0 Å².